The summed E-state index contributed by atoms with van der Waals surface area (Å²) in [5.41, 5.74) is 0.881. The molecule has 156 valence electrons. The third kappa shape index (κ3) is 5.58. The molecule has 2 aromatic rings. The summed E-state index contributed by atoms with van der Waals surface area (Å²) in [6, 6.07) is 9.96. The molecule has 1 heterocycles. The quantitative estimate of drug-likeness (QED) is 0.416. The summed E-state index contributed by atoms with van der Waals surface area (Å²) < 4.78 is 56.1. The van der Waals surface area contributed by atoms with Crippen molar-refractivity contribution in [2.45, 2.75) is 31.0 Å². The van der Waals surface area contributed by atoms with E-state index in [0.717, 1.165) is 12.8 Å². The van der Waals surface area contributed by atoms with Gasteiger partial charge in [0.05, 0.1) is 0 Å². The number of rotatable bonds is 7. The number of guanidine groups is 1. The highest BCUT2D eigenvalue weighted by molar-refractivity contribution is 5.79. The Morgan fingerprint density at radius 2 is 1.93 bits per heavy atom. The van der Waals surface area contributed by atoms with E-state index in [0.29, 0.717) is 23.6 Å². The first-order valence-electron chi connectivity index (χ1n) is 9.16. The van der Waals surface area contributed by atoms with Gasteiger partial charge in [-0.25, -0.2) is 9.37 Å². The molecular formula is C20H22F4N4O. The maximum absolute atomic E-state index is 14.1. The molecule has 0 unspecified atom stereocenters. The zero-order valence-corrected chi connectivity index (χ0v) is 15.9. The molecule has 1 aromatic heterocycles. The minimum atomic E-state index is -4.44. The molecule has 5 nitrogen and oxygen atoms in total. The summed E-state index contributed by atoms with van der Waals surface area (Å²) in [4.78, 5) is 7.99. The molecule has 29 heavy (non-hydrogen) atoms. The second-order valence-electron chi connectivity index (χ2n) is 6.91. The van der Waals surface area contributed by atoms with Gasteiger partial charge >= 0.3 is 6.18 Å². The van der Waals surface area contributed by atoms with Crippen LogP contribution in [0.3, 0.4) is 0 Å². The summed E-state index contributed by atoms with van der Waals surface area (Å²) in [6.45, 7) is -0.735. The van der Waals surface area contributed by atoms with Crippen LogP contribution in [-0.2, 0) is 12.0 Å². The fourth-order valence-electron chi connectivity index (χ4n) is 3.07. The van der Waals surface area contributed by atoms with E-state index >= 15 is 0 Å². The Morgan fingerprint density at radius 1 is 1.17 bits per heavy atom. The first-order valence-corrected chi connectivity index (χ1v) is 9.16. The molecule has 0 aliphatic heterocycles. The van der Waals surface area contributed by atoms with Crippen molar-refractivity contribution >= 4 is 5.96 Å². The maximum atomic E-state index is 14.1. The van der Waals surface area contributed by atoms with Crippen LogP contribution in [0.25, 0.3) is 0 Å². The number of hydrogen-bond donors (Lipinski definition) is 2. The zero-order valence-electron chi connectivity index (χ0n) is 15.9. The summed E-state index contributed by atoms with van der Waals surface area (Å²) >= 11 is 0. The molecule has 2 N–H and O–H groups in total. The van der Waals surface area contributed by atoms with Crippen molar-refractivity contribution in [2.75, 3.05) is 20.2 Å². The van der Waals surface area contributed by atoms with Gasteiger partial charge in [-0.05, 0) is 30.5 Å². The molecule has 0 bridgehead atoms. The fourth-order valence-corrected chi connectivity index (χ4v) is 3.07. The Kier molecular flexibility index (Phi) is 6.24. The van der Waals surface area contributed by atoms with Crippen molar-refractivity contribution in [3.63, 3.8) is 0 Å². The number of ether oxygens (including phenoxy) is 1. The van der Waals surface area contributed by atoms with Gasteiger partial charge in [0.2, 0.25) is 5.88 Å². The first-order chi connectivity index (χ1) is 13.8. The van der Waals surface area contributed by atoms with Gasteiger partial charge in [-0.3, -0.25) is 4.99 Å². The average molecular weight is 410 g/mol. The van der Waals surface area contributed by atoms with Crippen LogP contribution in [0, 0.1) is 5.82 Å². The van der Waals surface area contributed by atoms with Crippen LogP contribution in [0.2, 0.25) is 0 Å². The van der Waals surface area contributed by atoms with Gasteiger partial charge in [0.25, 0.3) is 0 Å². The van der Waals surface area contributed by atoms with Gasteiger partial charge in [0, 0.05) is 37.3 Å². The number of pyridine rings is 1. The molecule has 1 saturated carbocycles. The standard InChI is InChI=1S/C20H22F4N4O/c1-25-18(28-12-19(8-9-19)15-6-2-3-7-16(15)21)27-11-14-5-4-10-26-17(14)29-13-20(22,23)24/h2-7,10H,8-9,11-13H2,1H3,(H2,25,27,28). The highest BCUT2D eigenvalue weighted by atomic mass is 19.4. The number of alkyl halides is 3. The average Bonchev–Trinajstić information content (AvgIpc) is 3.48. The van der Waals surface area contributed by atoms with E-state index in [1.807, 2.05) is 6.07 Å². The summed E-state index contributed by atoms with van der Waals surface area (Å²) in [6.07, 6.45) is -1.33. The van der Waals surface area contributed by atoms with Crippen LogP contribution < -0.4 is 15.4 Å². The molecule has 0 spiro atoms. The predicted molar refractivity (Wildman–Crippen MR) is 101 cm³/mol. The van der Waals surface area contributed by atoms with E-state index in [1.54, 1.807) is 31.3 Å². The second-order valence-corrected chi connectivity index (χ2v) is 6.91. The Bertz CT molecular complexity index is 866. The van der Waals surface area contributed by atoms with Crippen molar-refractivity contribution in [3.05, 3.63) is 59.5 Å². The number of nitrogens with zero attached hydrogens (tertiary/aromatic N) is 2. The van der Waals surface area contributed by atoms with Gasteiger partial charge in [-0.15, -0.1) is 0 Å². The van der Waals surface area contributed by atoms with Gasteiger partial charge in [-0.1, -0.05) is 24.3 Å². The van der Waals surface area contributed by atoms with Crippen molar-refractivity contribution in [1.82, 2.24) is 15.6 Å². The Labute approximate surface area is 166 Å². The number of hydrogen-bond acceptors (Lipinski definition) is 3. The molecule has 0 radical (unpaired) electrons. The predicted octanol–water partition coefficient (Wildman–Crippen LogP) is 3.56. The summed E-state index contributed by atoms with van der Waals surface area (Å²) in [5.74, 6) is 0.146. The highest BCUT2D eigenvalue weighted by Crippen LogP contribution is 2.48. The molecule has 1 fully saturated rings. The fraction of sp³-hybridized carbons (Fsp3) is 0.400. The van der Waals surface area contributed by atoms with Crippen LogP contribution in [0.4, 0.5) is 17.6 Å². The number of aliphatic imine (C=N–C) groups is 1. The van der Waals surface area contributed by atoms with Crippen molar-refractivity contribution in [2.24, 2.45) is 4.99 Å². The smallest absolute Gasteiger partial charge is 0.422 e. The van der Waals surface area contributed by atoms with Crippen LogP contribution in [0.5, 0.6) is 5.88 Å². The van der Waals surface area contributed by atoms with Crippen molar-refractivity contribution in [1.29, 1.82) is 0 Å². The number of nitrogens with one attached hydrogen (secondary N) is 2. The van der Waals surface area contributed by atoms with E-state index in [4.69, 9.17) is 4.74 Å². The van der Waals surface area contributed by atoms with Crippen LogP contribution in [-0.4, -0.2) is 37.3 Å². The first kappa shape index (κ1) is 20.9. The van der Waals surface area contributed by atoms with Gasteiger partial charge < -0.3 is 15.4 Å². The number of aromatic nitrogens is 1. The topological polar surface area (TPSA) is 58.5 Å². The lowest BCUT2D eigenvalue weighted by Crippen LogP contribution is -2.41. The Hall–Kier alpha value is -2.84. The molecule has 0 amide bonds. The van der Waals surface area contributed by atoms with Crippen LogP contribution in [0.15, 0.2) is 47.6 Å². The molecule has 1 aliphatic rings. The minimum Gasteiger partial charge on any atom is -0.468 e. The van der Waals surface area contributed by atoms with E-state index < -0.39 is 12.8 Å². The second kappa shape index (κ2) is 8.67. The van der Waals surface area contributed by atoms with E-state index in [-0.39, 0.29) is 23.7 Å². The minimum absolute atomic E-state index is 0.0854. The highest BCUT2D eigenvalue weighted by Gasteiger charge is 2.45. The van der Waals surface area contributed by atoms with Crippen LogP contribution >= 0.6 is 0 Å². The SMILES string of the molecule is CN=C(NCc1cccnc1OCC(F)(F)F)NCC1(c2ccccc2F)CC1. The lowest BCUT2D eigenvalue weighted by molar-refractivity contribution is -0.154. The zero-order chi connectivity index (χ0) is 20.9. The van der Waals surface area contributed by atoms with E-state index in [1.165, 1.54) is 12.3 Å². The lowest BCUT2D eigenvalue weighted by Gasteiger charge is -2.20. The number of halogens is 4. The number of benzene rings is 1. The summed E-state index contributed by atoms with van der Waals surface area (Å²) in [7, 11) is 1.59. The maximum Gasteiger partial charge on any atom is 0.422 e. The van der Waals surface area contributed by atoms with Gasteiger partial charge in [-0.2, -0.15) is 13.2 Å². The molecule has 9 heteroatoms. The molecule has 0 atom stereocenters. The largest absolute Gasteiger partial charge is 0.468 e. The molecule has 0 saturated heterocycles. The molecular weight excluding hydrogens is 388 g/mol. The van der Waals surface area contributed by atoms with Crippen molar-refractivity contribution < 1.29 is 22.3 Å². The van der Waals surface area contributed by atoms with E-state index in [9.17, 15) is 17.6 Å². The van der Waals surface area contributed by atoms with Crippen molar-refractivity contribution in [3.8, 4) is 5.88 Å². The molecule has 1 aliphatic carbocycles. The Morgan fingerprint density at radius 3 is 2.59 bits per heavy atom. The lowest BCUT2D eigenvalue weighted by atomic mass is 9.95. The van der Waals surface area contributed by atoms with Gasteiger partial charge in [0.15, 0.2) is 12.6 Å². The van der Waals surface area contributed by atoms with Gasteiger partial charge in [0.1, 0.15) is 5.82 Å². The monoisotopic (exact) mass is 410 g/mol. The van der Waals surface area contributed by atoms with Crippen LogP contribution in [0.1, 0.15) is 24.0 Å². The third-order valence-electron chi connectivity index (χ3n) is 4.79. The summed E-state index contributed by atoms with van der Waals surface area (Å²) in [5, 5.41) is 6.21. The molecule has 1 aromatic carbocycles. The third-order valence-corrected chi connectivity index (χ3v) is 4.79. The normalized spacial score (nSPS) is 15.7. The van der Waals surface area contributed by atoms with E-state index in [2.05, 4.69) is 20.6 Å². The Balaban J connectivity index is 1.58. The molecule has 3 rings (SSSR count).